The largest absolute Gasteiger partial charge is 0.347 e. The summed E-state index contributed by atoms with van der Waals surface area (Å²) in [5.74, 6) is 0.340. The SMILES string of the molecule is CN(C)c1ncc(NC(=O)c2cc(-c3cccs3)nn2C)cn1. The molecule has 0 atom stereocenters. The van der Waals surface area contributed by atoms with E-state index in [1.807, 2.05) is 31.6 Å². The fourth-order valence-corrected chi connectivity index (χ4v) is 2.72. The topological polar surface area (TPSA) is 75.9 Å². The summed E-state index contributed by atoms with van der Waals surface area (Å²) in [5, 5.41) is 9.14. The van der Waals surface area contributed by atoms with Crippen LogP contribution in [-0.4, -0.2) is 39.8 Å². The van der Waals surface area contributed by atoms with Gasteiger partial charge in [0.05, 0.1) is 23.0 Å². The van der Waals surface area contributed by atoms with E-state index in [2.05, 4.69) is 20.4 Å². The van der Waals surface area contributed by atoms with Gasteiger partial charge in [0, 0.05) is 21.1 Å². The van der Waals surface area contributed by atoms with E-state index < -0.39 is 0 Å². The number of aromatic nitrogens is 4. The van der Waals surface area contributed by atoms with Crippen molar-refractivity contribution in [3.05, 3.63) is 41.7 Å². The van der Waals surface area contributed by atoms with Gasteiger partial charge in [-0.1, -0.05) is 6.07 Å². The summed E-state index contributed by atoms with van der Waals surface area (Å²) in [6.07, 6.45) is 3.16. The van der Waals surface area contributed by atoms with Crippen LogP contribution in [0.2, 0.25) is 0 Å². The molecule has 3 aromatic heterocycles. The molecule has 3 rings (SSSR count). The van der Waals surface area contributed by atoms with Gasteiger partial charge < -0.3 is 10.2 Å². The van der Waals surface area contributed by atoms with Crippen LogP contribution in [0.15, 0.2) is 36.0 Å². The number of nitrogens with zero attached hydrogens (tertiary/aromatic N) is 5. The Morgan fingerprint density at radius 1 is 1.30 bits per heavy atom. The summed E-state index contributed by atoms with van der Waals surface area (Å²) >= 11 is 1.59. The summed E-state index contributed by atoms with van der Waals surface area (Å²) in [4.78, 5) is 23.6. The van der Waals surface area contributed by atoms with E-state index >= 15 is 0 Å². The maximum atomic E-state index is 12.4. The minimum atomic E-state index is -0.246. The van der Waals surface area contributed by atoms with Crippen LogP contribution in [0.1, 0.15) is 10.5 Å². The van der Waals surface area contributed by atoms with Gasteiger partial charge in [0.1, 0.15) is 11.4 Å². The molecule has 118 valence electrons. The van der Waals surface area contributed by atoms with E-state index in [1.54, 1.807) is 46.4 Å². The van der Waals surface area contributed by atoms with Crippen LogP contribution in [-0.2, 0) is 7.05 Å². The number of aryl methyl sites for hydroxylation is 1. The molecule has 0 unspecified atom stereocenters. The van der Waals surface area contributed by atoms with Crippen molar-refractivity contribution in [2.45, 2.75) is 0 Å². The van der Waals surface area contributed by atoms with Crippen LogP contribution in [0.3, 0.4) is 0 Å². The maximum Gasteiger partial charge on any atom is 0.274 e. The summed E-state index contributed by atoms with van der Waals surface area (Å²) in [6.45, 7) is 0. The Hall–Kier alpha value is -2.74. The maximum absolute atomic E-state index is 12.4. The fraction of sp³-hybridized carbons (Fsp3) is 0.200. The molecule has 0 saturated heterocycles. The Kier molecular flexibility index (Phi) is 4.07. The number of hydrogen-bond donors (Lipinski definition) is 1. The second-order valence-electron chi connectivity index (χ2n) is 5.14. The number of rotatable bonds is 4. The second-order valence-corrected chi connectivity index (χ2v) is 6.08. The van der Waals surface area contributed by atoms with E-state index in [4.69, 9.17) is 0 Å². The minimum absolute atomic E-state index is 0.246. The number of carbonyl (C=O) groups is 1. The van der Waals surface area contributed by atoms with Gasteiger partial charge in [0.15, 0.2) is 0 Å². The first-order valence-corrected chi connectivity index (χ1v) is 7.81. The molecule has 7 nitrogen and oxygen atoms in total. The summed E-state index contributed by atoms with van der Waals surface area (Å²) in [6, 6.07) is 5.71. The minimum Gasteiger partial charge on any atom is -0.347 e. The van der Waals surface area contributed by atoms with Crippen molar-refractivity contribution >= 4 is 28.9 Å². The molecule has 0 spiro atoms. The van der Waals surface area contributed by atoms with Gasteiger partial charge in [0.2, 0.25) is 5.95 Å². The van der Waals surface area contributed by atoms with Gasteiger partial charge in [-0.25, -0.2) is 9.97 Å². The van der Waals surface area contributed by atoms with Crippen LogP contribution in [0, 0.1) is 0 Å². The predicted molar refractivity (Wildman–Crippen MR) is 90.8 cm³/mol. The van der Waals surface area contributed by atoms with Crippen molar-refractivity contribution in [1.82, 2.24) is 19.7 Å². The lowest BCUT2D eigenvalue weighted by Gasteiger charge is -2.10. The molecule has 3 heterocycles. The molecule has 0 radical (unpaired) electrons. The van der Waals surface area contributed by atoms with E-state index in [0.29, 0.717) is 17.3 Å². The molecule has 0 bridgehead atoms. The number of anilines is 2. The highest BCUT2D eigenvalue weighted by Crippen LogP contribution is 2.24. The Bertz CT molecular complexity index is 807. The van der Waals surface area contributed by atoms with Crippen LogP contribution < -0.4 is 10.2 Å². The molecule has 8 heteroatoms. The smallest absolute Gasteiger partial charge is 0.274 e. The summed E-state index contributed by atoms with van der Waals surface area (Å²) < 4.78 is 1.57. The van der Waals surface area contributed by atoms with Crippen LogP contribution in [0.4, 0.5) is 11.6 Å². The Morgan fingerprint density at radius 3 is 2.65 bits per heavy atom. The molecular formula is C15H16N6OS. The average molecular weight is 328 g/mol. The van der Waals surface area contributed by atoms with Crippen molar-refractivity contribution in [1.29, 1.82) is 0 Å². The Balaban J connectivity index is 1.78. The highest BCUT2D eigenvalue weighted by Gasteiger charge is 2.15. The van der Waals surface area contributed by atoms with Crippen molar-refractivity contribution in [3.8, 4) is 10.6 Å². The molecule has 0 aliphatic rings. The van der Waals surface area contributed by atoms with Crippen molar-refractivity contribution in [2.24, 2.45) is 7.05 Å². The summed E-state index contributed by atoms with van der Waals surface area (Å²) in [5.41, 5.74) is 1.80. The standard InChI is InChI=1S/C15H16N6OS/c1-20(2)15-16-8-10(9-17-15)18-14(22)12-7-11(19-21(12)3)13-5-4-6-23-13/h4-9H,1-3H3,(H,18,22). The zero-order valence-electron chi connectivity index (χ0n) is 13.0. The first-order valence-electron chi connectivity index (χ1n) is 6.93. The number of hydrogen-bond acceptors (Lipinski definition) is 6. The van der Waals surface area contributed by atoms with Crippen molar-refractivity contribution in [3.63, 3.8) is 0 Å². The molecule has 0 saturated carbocycles. The number of carbonyl (C=O) groups excluding carboxylic acids is 1. The normalized spacial score (nSPS) is 10.6. The fourth-order valence-electron chi connectivity index (χ4n) is 2.04. The van der Waals surface area contributed by atoms with Crippen molar-refractivity contribution < 1.29 is 4.79 Å². The highest BCUT2D eigenvalue weighted by atomic mass is 32.1. The highest BCUT2D eigenvalue weighted by molar-refractivity contribution is 7.13. The van der Waals surface area contributed by atoms with Gasteiger partial charge in [-0.05, 0) is 17.5 Å². The molecule has 1 N–H and O–H groups in total. The second kappa shape index (κ2) is 6.17. The quantitative estimate of drug-likeness (QED) is 0.795. The molecule has 0 fully saturated rings. The van der Waals surface area contributed by atoms with Gasteiger partial charge in [0.25, 0.3) is 5.91 Å². The Morgan fingerprint density at radius 2 is 2.04 bits per heavy atom. The summed E-state index contributed by atoms with van der Waals surface area (Å²) in [7, 11) is 5.46. The molecule has 1 amide bonds. The van der Waals surface area contributed by atoms with Gasteiger partial charge in [-0.3, -0.25) is 9.48 Å². The van der Waals surface area contributed by atoms with Crippen molar-refractivity contribution in [2.75, 3.05) is 24.3 Å². The van der Waals surface area contributed by atoms with E-state index in [0.717, 1.165) is 10.6 Å². The lowest BCUT2D eigenvalue weighted by molar-refractivity contribution is 0.101. The predicted octanol–water partition coefficient (Wildman–Crippen LogP) is 2.26. The van der Waals surface area contributed by atoms with Crippen LogP contribution in [0.5, 0.6) is 0 Å². The third-order valence-corrected chi connectivity index (χ3v) is 4.07. The molecule has 3 aromatic rings. The number of thiophene rings is 1. The zero-order valence-corrected chi connectivity index (χ0v) is 13.8. The molecule has 23 heavy (non-hydrogen) atoms. The van der Waals surface area contributed by atoms with Crippen LogP contribution >= 0.6 is 11.3 Å². The molecular weight excluding hydrogens is 312 g/mol. The lowest BCUT2D eigenvalue weighted by atomic mass is 10.3. The first kappa shape index (κ1) is 15.2. The molecule has 0 aromatic carbocycles. The third kappa shape index (κ3) is 3.21. The zero-order chi connectivity index (χ0) is 16.4. The van der Waals surface area contributed by atoms with E-state index in [1.165, 1.54) is 0 Å². The average Bonchev–Trinajstić information content (AvgIpc) is 3.16. The monoisotopic (exact) mass is 328 g/mol. The molecule has 0 aliphatic carbocycles. The van der Waals surface area contributed by atoms with Crippen LogP contribution in [0.25, 0.3) is 10.6 Å². The lowest BCUT2D eigenvalue weighted by Crippen LogP contribution is -2.17. The number of nitrogens with one attached hydrogen (secondary N) is 1. The van der Waals surface area contributed by atoms with E-state index in [9.17, 15) is 4.79 Å². The van der Waals surface area contributed by atoms with Gasteiger partial charge in [-0.2, -0.15) is 5.10 Å². The van der Waals surface area contributed by atoms with Gasteiger partial charge in [-0.15, -0.1) is 11.3 Å². The van der Waals surface area contributed by atoms with Gasteiger partial charge >= 0.3 is 0 Å². The third-order valence-electron chi connectivity index (χ3n) is 3.18. The molecule has 0 aliphatic heterocycles. The van der Waals surface area contributed by atoms with E-state index in [-0.39, 0.29) is 5.91 Å². The number of amides is 1. The first-order chi connectivity index (χ1) is 11.0. The Labute approximate surface area is 137 Å².